The normalized spacial score (nSPS) is 31.8. The smallest absolute Gasteiger partial charge is 0.337 e. The van der Waals surface area contributed by atoms with Gasteiger partial charge in [-0.3, -0.25) is 4.79 Å². The molecule has 3 atom stereocenters. The maximum absolute atomic E-state index is 13.3. The van der Waals surface area contributed by atoms with Gasteiger partial charge in [-0.05, 0) is 87.1 Å². The van der Waals surface area contributed by atoms with E-state index >= 15 is 0 Å². The lowest BCUT2D eigenvalue weighted by atomic mass is 9.52. The molecule has 9 heteroatoms. The lowest BCUT2D eigenvalue weighted by Gasteiger charge is -2.58. The SMILES string of the molecule is COC(=O)c1ccc(N2CCN(c3cccc(C(=O)NC4C5CC6CC4CC(O)(C6)C5)n3)[C@H](C)C2)c(Cl)c1. The Hall–Kier alpha value is -2.84. The number of aliphatic hydroxyl groups is 1. The molecule has 2 aromatic rings. The molecule has 4 saturated carbocycles. The minimum atomic E-state index is -0.512. The molecular formula is C29H35ClN4O4. The number of ether oxygens (including phenoxy) is 1. The number of amides is 1. The Kier molecular flexibility index (Phi) is 6.51. The number of carbonyl (C=O) groups is 2. The summed E-state index contributed by atoms with van der Waals surface area (Å²) in [6, 6.07) is 11.1. The number of hydrogen-bond acceptors (Lipinski definition) is 7. The van der Waals surface area contributed by atoms with E-state index in [2.05, 4.69) is 22.0 Å². The maximum atomic E-state index is 13.3. The van der Waals surface area contributed by atoms with E-state index in [1.165, 1.54) is 7.11 Å². The Morgan fingerprint density at radius 1 is 1.13 bits per heavy atom. The molecule has 5 aliphatic rings. The number of nitrogens with zero attached hydrogens (tertiary/aromatic N) is 3. The molecule has 2 unspecified atom stereocenters. The number of carbonyl (C=O) groups excluding carboxylic acids is 2. The first-order valence-electron chi connectivity index (χ1n) is 13.6. The van der Waals surface area contributed by atoms with Gasteiger partial charge in [0, 0.05) is 31.7 Å². The monoisotopic (exact) mass is 538 g/mol. The third-order valence-electron chi connectivity index (χ3n) is 9.14. The first-order chi connectivity index (χ1) is 18.2. The fraction of sp³-hybridized carbons (Fsp3) is 0.552. The van der Waals surface area contributed by atoms with E-state index in [4.69, 9.17) is 21.3 Å². The number of hydrogen-bond donors (Lipinski definition) is 2. The predicted molar refractivity (Wildman–Crippen MR) is 146 cm³/mol. The topological polar surface area (TPSA) is 95.0 Å². The molecule has 8 nitrogen and oxygen atoms in total. The number of piperazine rings is 1. The average Bonchev–Trinajstić information content (AvgIpc) is 2.89. The van der Waals surface area contributed by atoms with Crippen molar-refractivity contribution >= 4 is 35.0 Å². The van der Waals surface area contributed by atoms with Crippen molar-refractivity contribution in [3.8, 4) is 0 Å². The number of pyridine rings is 1. The largest absolute Gasteiger partial charge is 0.465 e. The highest BCUT2D eigenvalue weighted by Gasteiger charge is 2.55. The number of anilines is 2. The minimum Gasteiger partial charge on any atom is -0.465 e. The van der Waals surface area contributed by atoms with Gasteiger partial charge in [0.05, 0.1) is 29.0 Å². The van der Waals surface area contributed by atoms with Crippen LogP contribution in [0.1, 0.15) is 59.9 Å². The second-order valence-electron chi connectivity index (χ2n) is 11.7. The molecule has 38 heavy (non-hydrogen) atoms. The maximum Gasteiger partial charge on any atom is 0.337 e. The summed E-state index contributed by atoms with van der Waals surface area (Å²) < 4.78 is 4.79. The summed E-state index contributed by atoms with van der Waals surface area (Å²) in [5, 5.41) is 14.7. The van der Waals surface area contributed by atoms with E-state index < -0.39 is 11.6 Å². The summed E-state index contributed by atoms with van der Waals surface area (Å²) in [5.41, 5.74) is 1.23. The third kappa shape index (κ3) is 4.62. The fourth-order valence-corrected chi connectivity index (χ4v) is 7.98. The number of nitrogens with one attached hydrogen (secondary N) is 1. The van der Waals surface area contributed by atoms with E-state index in [1.54, 1.807) is 18.2 Å². The van der Waals surface area contributed by atoms with Crippen LogP contribution in [0.5, 0.6) is 0 Å². The Morgan fingerprint density at radius 3 is 2.55 bits per heavy atom. The summed E-state index contributed by atoms with van der Waals surface area (Å²) in [6.45, 7) is 4.32. The van der Waals surface area contributed by atoms with Crippen LogP contribution in [-0.4, -0.2) is 66.4 Å². The highest BCUT2D eigenvalue weighted by Crippen LogP contribution is 2.55. The molecule has 1 aliphatic heterocycles. The third-order valence-corrected chi connectivity index (χ3v) is 9.44. The van der Waals surface area contributed by atoms with E-state index in [0.717, 1.165) is 63.2 Å². The van der Waals surface area contributed by atoms with Crippen LogP contribution in [0, 0.1) is 17.8 Å². The molecule has 1 aromatic carbocycles. The number of benzene rings is 1. The van der Waals surface area contributed by atoms with E-state index in [1.807, 2.05) is 18.2 Å². The number of halogens is 1. The van der Waals surface area contributed by atoms with Crippen molar-refractivity contribution in [1.29, 1.82) is 0 Å². The van der Waals surface area contributed by atoms with E-state index in [9.17, 15) is 14.7 Å². The zero-order chi connectivity index (χ0) is 26.6. The molecule has 0 spiro atoms. The Bertz CT molecular complexity index is 1240. The number of esters is 1. The summed E-state index contributed by atoms with van der Waals surface area (Å²) in [7, 11) is 1.35. The molecule has 202 valence electrons. The lowest BCUT2D eigenvalue weighted by Crippen LogP contribution is -2.61. The van der Waals surface area contributed by atoms with Crippen LogP contribution in [0.4, 0.5) is 11.5 Å². The standard InChI is InChI=1S/C29H35ClN4O4/c1-17-16-33(24-7-6-19(12-22(24)30)28(36)38-2)8-9-34(17)25-5-3-4-23(31-25)27(35)32-26-20-10-18-11-21(26)15-29(37,13-18)14-20/h3-7,12,17-18,20-21,26,37H,8-11,13-16H2,1-2H3,(H,32,35)/t17-,18?,20?,21?,26?,29?/m1/s1. The fourth-order valence-electron chi connectivity index (χ4n) is 7.68. The number of aromatic nitrogens is 1. The first kappa shape index (κ1) is 25.4. The zero-order valence-corrected chi connectivity index (χ0v) is 22.7. The van der Waals surface area contributed by atoms with Crippen LogP contribution in [0.2, 0.25) is 5.02 Å². The lowest BCUT2D eigenvalue weighted by molar-refractivity contribution is -0.136. The van der Waals surface area contributed by atoms with Crippen molar-refractivity contribution < 1.29 is 19.4 Å². The van der Waals surface area contributed by atoms with Crippen LogP contribution in [0.3, 0.4) is 0 Å². The highest BCUT2D eigenvalue weighted by molar-refractivity contribution is 6.33. The van der Waals surface area contributed by atoms with E-state index in [-0.39, 0.29) is 18.0 Å². The van der Waals surface area contributed by atoms with Gasteiger partial charge in [0.25, 0.3) is 5.91 Å². The molecule has 4 bridgehead atoms. The van der Waals surface area contributed by atoms with Gasteiger partial charge in [0.2, 0.25) is 0 Å². The molecule has 1 aromatic heterocycles. The van der Waals surface area contributed by atoms with Crippen molar-refractivity contribution in [3.63, 3.8) is 0 Å². The van der Waals surface area contributed by atoms with Crippen LogP contribution in [0.25, 0.3) is 0 Å². The Morgan fingerprint density at radius 2 is 1.89 bits per heavy atom. The van der Waals surface area contributed by atoms with Gasteiger partial charge >= 0.3 is 5.97 Å². The quantitative estimate of drug-likeness (QED) is 0.557. The summed E-state index contributed by atoms with van der Waals surface area (Å²) >= 11 is 6.52. The van der Waals surface area contributed by atoms with Crippen LogP contribution in [-0.2, 0) is 4.74 Å². The molecule has 0 radical (unpaired) electrons. The molecule has 5 fully saturated rings. The van der Waals surface area contributed by atoms with Gasteiger partial charge in [0.15, 0.2) is 0 Å². The molecule has 2 N–H and O–H groups in total. The molecule has 1 amide bonds. The van der Waals surface area contributed by atoms with Crippen LogP contribution >= 0.6 is 11.6 Å². The van der Waals surface area contributed by atoms with Gasteiger partial charge in [-0.2, -0.15) is 0 Å². The zero-order valence-electron chi connectivity index (χ0n) is 21.9. The second-order valence-corrected chi connectivity index (χ2v) is 12.1. The number of methoxy groups -OCH3 is 1. The Labute approximate surface area is 228 Å². The van der Waals surface area contributed by atoms with Crippen molar-refractivity contribution in [2.24, 2.45) is 17.8 Å². The first-order valence-corrected chi connectivity index (χ1v) is 14.0. The van der Waals surface area contributed by atoms with Gasteiger partial charge in [-0.1, -0.05) is 17.7 Å². The molecule has 2 heterocycles. The van der Waals surface area contributed by atoms with Gasteiger partial charge in [-0.25, -0.2) is 9.78 Å². The summed E-state index contributed by atoms with van der Waals surface area (Å²) in [5.74, 6) is 1.58. The molecule has 1 saturated heterocycles. The minimum absolute atomic E-state index is 0.125. The van der Waals surface area contributed by atoms with Gasteiger partial charge < -0.3 is 25.0 Å². The van der Waals surface area contributed by atoms with Crippen molar-refractivity contribution in [3.05, 3.63) is 52.7 Å². The van der Waals surface area contributed by atoms with Gasteiger partial charge in [0.1, 0.15) is 11.5 Å². The summed E-state index contributed by atoms with van der Waals surface area (Å²) in [6.07, 6.45) is 4.74. The summed E-state index contributed by atoms with van der Waals surface area (Å²) in [4.78, 5) is 34.3. The van der Waals surface area contributed by atoms with Gasteiger partial charge in [-0.15, -0.1) is 0 Å². The molecule has 4 aliphatic carbocycles. The van der Waals surface area contributed by atoms with Crippen LogP contribution in [0.15, 0.2) is 36.4 Å². The van der Waals surface area contributed by atoms with Crippen molar-refractivity contribution in [2.75, 3.05) is 36.5 Å². The second kappa shape index (κ2) is 9.72. The van der Waals surface area contributed by atoms with Crippen molar-refractivity contribution in [1.82, 2.24) is 10.3 Å². The predicted octanol–water partition coefficient (Wildman–Crippen LogP) is 3.91. The van der Waals surface area contributed by atoms with Crippen LogP contribution < -0.4 is 15.1 Å². The molecular weight excluding hydrogens is 504 g/mol. The van der Waals surface area contributed by atoms with E-state index in [0.29, 0.717) is 34.0 Å². The average molecular weight is 539 g/mol. The Balaban J connectivity index is 1.12. The highest BCUT2D eigenvalue weighted by atomic mass is 35.5. The molecule has 7 rings (SSSR count). The van der Waals surface area contributed by atoms with Crippen molar-refractivity contribution in [2.45, 2.75) is 56.7 Å². The number of rotatable bonds is 5.